The van der Waals surface area contributed by atoms with Crippen molar-refractivity contribution in [2.24, 2.45) is 12.0 Å². The molecule has 5 aromatic rings. The highest BCUT2D eigenvalue weighted by Gasteiger charge is 2.20. The van der Waals surface area contributed by atoms with E-state index in [-0.39, 0.29) is 17.2 Å². The van der Waals surface area contributed by atoms with Gasteiger partial charge in [-0.3, -0.25) is 19.1 Å². The van der Waals surface area contributed by atoms with Crippen molar-refractivity contribution in [3.8, 4) is 16.8 Å². The molecule has 2 aromatic carbocycles. The molecular weight excluding hydrogens is 476 g/mol. The number of aromatic nitrogens is 4. The number of anilines is 1. The molecule has 0 saturated heterocycles. The Labute approximate surface area is 220 Å². The van der Waals surface area contributed by atoms with Gasteiger partial charge in [0.1, 0.15) is 12.0 Å². The lowest BCUT2D eigenvalue weighted by molar-refractivity contribution is 0.772. The second kappa shape index (κ2) is 10.3. The van der Waals surface area contributed by atoms with Crippen LogP contribution in [0.2, 0.25) is 0 Å². The Morgan fingerprint density at radius 3 is 2.53 bits per heavy atom. The first kappa shape index (κ1) is 24.8. The summed E-state index contributed by atoms with van der Waals surface area (Å²) >= 11 is 0. The molecule has 0 fully saturated rings. The number of fused-ring (bicyclic) bond motifs is 1. The summed E-state index contributed by atoms with van der Waals surface area (Å²) in [6.45, 7) is 5.72. The first-order valence-electron chi connectivity index (χ1n) is 12.4. The molecule has 190 valence electrons. The van der Waals surface area contributed by atoms with Crippen molar-refractivity contribution in [1.82, 2.24) is 19.1 Å². The fourth-order valence-corrected chi connectivity index (χ4v) is 4.67. The molecule has 1 N–H and O–H groups in total. The lowest BCUT2D eigenvalue weighted by Crippen LogP contribution is -2.26. The molecule has 0 radical (unpaired) electrons. The number of aliphatic imine (C=N–C) groups is 1. The van der Waals surface area contributed by atoms with Crippen LogP contribution in [0, 0.1) is 6.92 Å². The summed E-state index contributed by atoms with van der Waals surface area (Å²) in [4.78, 5) is 39.4. The van der Waals surface area contributed by atoms with Crippen molar-refractivity contribution in [3.05, 3.63) is 111 Å². The van der Waals surface area contributed by atoms with E-state index in [2.05, 4.69) is 20.3 Å². The third-order valence-electron chi connectivity index (χ3n) is 6.55. The molecule has 0 spiro atoms. The Bertz CT molecular complexity index is 1790. The Morgan fingerprint density at radius 2 is 1.79 bits per heavy atom. The first-order valence-corrected chi connectivity index (χ1v) is 12.4. The summed E-state index contributed by atoms with van der Waals surface area (Å²) < 4.78 is 3.26. The van der Waals surface area contributed by atoms with E-state index >= 15 is 0 Å². The highest BCUT2D eigenvalue weighted by molar-refractivity contribution is 5.96. The van der Waals surface area contributed by atoms with Crippen LogP contribution in [0.15, 0.2) is 93.8 Å². The van der Waals surface area contributed by atoms with Crippen LogP contribution in [-0.2, 0) is 7.05 Å². The van der Waals surface area contributed by atoms with E-state index in [0.29, 0.717) is 16.9 Å². The normalized spacial score (nSPS) is 12.2. The largest absolute Gasteiger partial charge is 0.360 e. The van der Waals surface area contributed by atoms with Crippen molar-refractivity contribution in [3.63, 3.8) is 0 Å². The van der Waals surface area contributed by atoms with E-state index in [1.165, 1.54) is 17.0 Å². The van der Waals surface area contributed by atoms with E-state index in [0.717, 1.165) is 33.6 Å². The summed E-state index contributed by atoms with van der Waals surface area (Å²) in [6.07, 6.45) is 4.97. The van der Waals surface area contributed by atoms with Crippen molar-refractivity contribution in [2.45, 2.75) is 26.8 Å². The number of aryl methyl sites for hydroxylation is 2. The summed E-state index contributed by atoms with van der Waals surface area (Å²) in [7, 11) is 1.70. The average molecular weight is 505 g/mol. The van der Waals surface area contributed by atoms with E-state index in [9.17, 15) is 9.59 Å². The van der Waals surface area contributed by atoms with E-state index in [1.807, 2.05) is 75.4 Å². The number of benzene rings is 2. The molecule has 0 aliphatic heterocycles. The number of nitrogens with one attached hydrogen (secondary N) is 1. The Morgan fingerprint density at radius 1 is 1.00 bits per heavy atom. The van der Waals surface area contributed by atoms with Gasteiger partial charge in [-0.1, -0.05) is 36.4 Å². The van der Waals surface area contributed by atoms with Crippen LogP contribution in [0.3, 0.4) is 0 Å². The van der Waals surface area contributed by atoms with Crippen LogP contribution in [0.4, 0.5) is 11.5 Å². The molecule has 5 rings (SSSR count). The maximum atomic E-state index is 14.3. The maximum Gasteiger partial charge on any atom is 0.263 e. The fraction of sp³-hybridized carbons (Fsp3) is 0.167. The standard InChI is InChI=1S/C30H28N6O2/c1-5-31-28-20(3)32-18-33-29(28)34-19(2)25-16-21-10-9-13-24(22-14-15-26(37)35(4)17-22)27(21)30(38)36(25)23-11-7-6-8-12-23/h5-19H,1-4H3,(H,32,33,34)/t19-/m0/s1. The zero-order chi connectivity index (χ0) is 26.8. The van der Waals surface area contributed by atoms with Crippen molar-refractivity contribution < 1.29 is 0 Å². The van der Waals surface area contributed by atoms with E-state index in [1.54, 1.807) is 30.1 Å². The molecule has 0 unspecified atom stereocenters. The number of pyridine rings is 2. The molecule has 3 aromatic heterocycles. The lowest BCUT2D eigenvalue weighted by Gasteiger charge is -2.22. The summed E-state index contributed by atoms with van der Waals surface area (Å²) in [5.74, 6) is 0.592. The SMILES string of the molecule is CC=Nc1c(C)ncnc1N[C@@H](C)c1cc2cccc(-c3ccc(=O)n(C)c3)c2c(=O)n1-c1ccccc1. The van der Waals surface area contributed by atoms with Crippen LogP contribution in [0.25, 0.3) is 27.6 Å². The third kappa shape index (κ3) is 4.52. The minimum atomic E-state index is -0.298. The van der Waals surface area contributed by atoms with Gasteiger partial charge >= 0.3 is 0 Å². The molecule has 3 heterocycles. The molecule has 0 saturated carbocycles. The summed E-state index contributed by atoms with van der Waals surface area (Å²) in [5, 5.41) is 4.84. The van der Waals surface area contributed by atoms with Crippen LogP contribution in [0.1, 0.15) is 31.3 Å². The molecule has 8 heteroatoms. The van der Waals surface area contributed by atoms with Gasteiger partial charge < -0.3 is 9.88 Å². The predicted molar refractivity (Wildman–Crippen MR) is 153 cm³/mol. The summed E-state index contributed by atoms with van der Waals surface area (Å²) in [5.41, 5.74) is 4.26. The molecule has 38 heavy (non-hydrogen) atoms. The second-order valence-electron chi connectivity index (χ2n) is 9.09. The average Bonchev–Trinajstić information content (AvgIpc) is 2.92. The maximum absolute atomic E-state index is 14.3. The number of nitrogens with zero attached hydrogens (tertiary/aromatic N) is 5. The van der Waals surface area contributed by atoms with Crippen molar-refractivity contribution >= 4 is 28.5 Å². The molecular formula is C30H28N6O2. The van der Waals surface area contributed by atoms with Crippen LogP contribution >= 0.6 is 0 Å². The van der Waals surface area contributed by atoms with Crippen LogP contribution < -0.4 is 16.4 Å². The highest BCUT2D eigenvalue weighted by Crippen LogP contribution is 2.32. The number of para-hydroxylation sites is 1. The van der Waals surface area contributed by atoms with E-state index < -0.39 is 0 Å². The van der Waals surface area contributed by atoms with Gasteiger partial charge in [0, 0.05) is 36.9 Å². The summed E-state index contributed by atoms with van der Waals surface area (Å²) in [6, 6.07) is 20.4. The van der Waals surface area contributed by atoms with Crippen LogP contribution in [-0.4, -0.2) is 25.3 Å². The van der Waals surface area contributed by atoms with Gasteiger partial charge in [-0.25, -0.2) is 9.97 Å². The van der Waals surface area contributed by atoms with Crippen molar-refractivity contribution in [2.75, 3.05) is 5.32 Å². The minimum absolute atomic E-state index is 0.107. The Balaban J connectivity index is 1.74. The van der Waals surface area contributed by atoms with Crippen molar-refractivity contribution in [1.29, 1.82) is 0 Å². The third-order valence-corrected chi connectivity index (χ3v) is 6.55. The molecule has 0 aliphatic rings. The number of hydrogen-bond donors (Lipinski definition) is 1. The molecule has 1 atom stereocenters. The van der Waals surface area contributed by atoms with E-state index in [4.69, 9.17) is 0 Å². The number of hydrogen-bond acceptors (Lipinski definition) is 6. The quantitative estimate of drug-likeness (QED) is 0.315. The van der Waals surface area contributed by atoms with Gasteiger partial charge in [-0.15, -0.1) is 0 Å². The molecule has 0 amide bonds. The smallest absolute Gasteiger partial charge is 0.263 e. The molecule has 0 aliphatic carbocycles. The highest BCUT2D eigenvalue weighted by atomic mass is 16.1. The van der Waals surface area contributed by atoms with Gasteiger partial charge in [-0.2, -0.15) is 0 Å². The van der Waals surface area contributed by atoms with Gasteiger partial charge in [0.15, 0.2) is 5.82 Å². The van der Waals surface area contributed by atoms with Gasteiger partial charge in [0.2, 0.25) is 5.56 Å². The molecule has 0 bridgehead atoms. The Hall–Kier alpha value is -4.85. The van der Waals surface area contributed by atoms with Gasteiger partial charge in [-0.05, 0) is 61.5 Å². The van der Waals surface area contributed by atoms with Gasteiger partial charge in [0.05, 0.1) is 17.1 Å². The molecule has 8 nitrogen and oxygen atoms in total. The first-order chi connectivity index (χ1) is 18.4. The second-order valence-corrected chi connectivity index (χ2v) is 9.09. The Kier molecular flexibility index (Phi) is 6.70. The topological polar surface area (TPSA) is 94.2 Å². The zero-order valence-corrected chi connectivity index (χ0v) is 21.7. The monoisotopic (exact) mass is 504 g/mol. The zero-order valence-electron chi connectivity index (χ0n) is 21.7. The number of rotatable bonds is 6. The fourth-order valence-electron chi connectivity index (χ4n) is 4.67. The minimum Gasteiger partial charge on any atom is -0.360 e. The predicted octanol–water partition coefficient (Wildman–Crippen LogP) is 5.35. The van der Waals surface area contributed by atoms with Crippen LogP contribution in [0.5, 0.6) is 0 Å². The van der Waals surface area contributed by atoms with Gasteiger partial charge in [0.25, 0.3) is 5.56 Å². The lowest BCUT2D eigenvalue weighted by atomic mass is 9.98.